The molecular formula is C15H13N3O5. The van der Waals surface area contributed by atoms with Gasteiger partial charge in [0.25, 0.3) is 11.6 Å². The van der Waals surface area contributed by atoms with Crippen LogP contribution in [0.1, 0.15) is 15.9 Å². The summed E-state index contributed by atoms with van der Waals surface area (Å²) in [7, 11) is 0. The molecule has 0 unspecified atom stereocenters. The summed E-state index contributed by atoms with van der Waals surface area (Å²) in [5.74, 6) is -0.938. The highest BCUT2D eigenvalue weighted by molar-refractivity contribution is 5.95. The summed E-state index contributed by atoms with van der Waals surface area (Å²) in [6.07, 6.45) is 0.0663. The van der Waals surface area contributed by atoms with E-state index in [1.165, 1.54) is 54.0 Å². The normalized spacial score (nSPS) is 9.96. The second-order valence-electron chi connectivity index (χ2n) is 4.67. The van der Waals surface area contributed by atoms with Crippen molar-refractivity contribution in [3.05, 3.63) is 69.8 Å². The molecule has 0 atom stereocenters. The largest absolute Gasteiger partial charge is 0.326 e. The lowest BCUT2D eigenvalue weighted by Gasteiger charge is -2.06. The third kappa shape index (κ3) is 4.35. The van der Waals surface area contributed by atoms with Crippen LogP contribution >= 0.6 is 0 Å². The summed E-state index contributed by atoms with van der Waals surface area (Å²) >= 11 is 0. The van der Waals surface area contributed by atoms with Gasteiger partial charge < -0.3 is 5.32 Å². The molecule has 8 heteroatoms. The number of nitro groups is 1. The molecule has 8 nitrogen and oxygen atoms in total. The van der Waals surface area contributed by atoms with Crippen molar-refractivity contribution >= 4 is 23.2 Å². The number of anilines is 1. The second-order valence-corrected chi connectivity index (χ2v) is 4.67. The molecule has 0 radical (unpaired) electrons. The Morgan fingerprint density at radius 2 is 1.65 bits per heavy atom. The van der Waals surface area contributed by atoms with Crippen molar-refractivity contribution in [2.24, 2.45) is 0 Å². The number of rotatable bonds is 5. The molecule has 0 aliphatic heterocycles. The minimum atomic E-state index is -0.645. The number of carbonyl (C=O) groups is 2. The van der Waals surface area contributed by atoms with E-state index in [4.69, 9.17) is 5.21 Å². The third-order valence-corrected chi connectivity index (χ3v) is 3.04. The van der Waals surface area contributed by atoms with Gasteiger partial charge in [0.2, 0.25) is 5.91 Å². The maximum absolute atomic E-state index is 11.9. The van der Waals surface area contributed by atoms with Crippen LogP contribution in [0.5, 0.6) is 0 Å². The number of hydroxylamine groups is 1. The van der Waals surface area contributed by atoms with E-state index in [1.54, 1.807) is 0 Å². The second kappa shape index (κ2) is 7.14. The van der Waals surface area contributed by atoms with Crippen molar-refractivity contribution in [3.8, 4) is 0 Å². The zero-order chi connectivity index (χ0) is 16.8. The van der Waals surface area contributed by atoms with Gasteiger partial charge in [-0.3, -0.25) is 24.9 Å². The monoisotopic (exact) mass is 315 g/mol. The fourth-order valence-corrected chi connectivity index (χ4v) is 1.90. The lowest BCUT2D eigenvalue weighted by Crippen LogP contribution is -2.18. The fraction of sp³-hybridized carbons (Fsp3) is 0.0667. The molecule has 3 N–H and O–H groups in total. The van der Waals surface area contributed by atoms with E-state index in [0.717, 1.165) is 0 Å². The van der Waals surface area contributed by atoms with Gasteiger partial charge in [-0.15, -0.1) is 0 Å². The van der Waals surface area contributed by atoms with Crippen molar-refractivity contribution in [1.29, 1.82) is 0 Å². The first-order chi connectivity index (χ1) is 11.0. The van der Waals surface area contributed by atoms with E-state index in [0.29, 0.717) is 11.3 Å². The van der Waals surface area contributed by atoms with Gasteiger partial charge in [0.1, 0.15) is 0 Å². The van der Waals surface area contributed by atoms with Crippen LogP contribution < -0.4 is 10.8 Å². The number of nitro benzene ring substituents is 1. The number of amides is 2. The van der Waals surface area contributed by atoms with E-state index in [1.807, 2.05) is 0 Å². The van der Waals surface area contributed by atoms with Gasteiger partial charge in [0, 0.05) is 23.4 Å². The van der Waals surface area contributed by atoms with Gasteiger partial charge in [0.05, 0.1) is 11.3 Å². The molecule has 0 aromatic heterocycles. The van der Waals surface area contributed by atoms with Gasteiger partial charge in [-0.2, -0.15) is 0 Å². The van der Waals surface area contributed by atoms with Crippen LogP contribution in [0.2, 0.25) is 0 Å². The van der Waals surface area contributed by atoms with Crippen LogP contribution in [0.4, 0.5) is 11.4 Å². The third-order valence-electron chi connectivity index (χ3n) is 3.04. The first-order valence-electron chi connectivity index (χ1n) is 6.57. The summed E-state index contributed by atoms with van der Waals surface area (Å²) < 4.78 is 0. The van der Waals surface area contributed by atoms with Crippen molar-refractivity contribution in [2.75, 3.05) is 5.32 Å². The molecule has 2 aromatic carbocycles. The quantitative estimate of drug-likeness (QED) is 0.442. The zero-order valence-electron chi connectivity index (χ0n) is 11.9. The molecule has 0 aliphatic rings. The summed E-state index contributed by atoms with van der Waals surface area (Å²) in [6.45, 7) is 0. The van der Waals surface area contributed by atoms with Crippen molar-refractivity contribution in [1.82, 2.24) is 5.48 Å². The topological polar surface area (TPSA) is 122 Å². The molecule has 0 spiro atoms. The highest BCUT2D eigenvalue weighted by Crippen LogP contribution is 2.14. The molecule has 0 fully saturated rings. The van der Waals surface area contributed by atoms with Gasteiger partial charge in [-0.05, 0) is 29.8 Å². The van der Waals surface area contributed by atoms with Gasteiger partial charge in [-0.25, -0.2) is 5.48 Å². The lowest BCUT2D eigenvalue weighted by molar-refractivity contribution is -0.384. The van der Waals surface area contributed by atoms with E-state index in [2.05, 4.69) is 5.32 Å². The number of carbonyl (C=O) groups excluding carboxylic acids is 2. The molecular weight excluding hydrogens is 302 g/mol. The summed E-state index contributed by atoms with van der Waals surface area (Å²) in [5, 5.41) is 21.7. The minimum Gasteiger partial charge on any atom is -0.326 e. The predicted octanol–water partition coefficient (Wildman–Crippen LogP) is 1.89. The van der Waals surface area contributed by atoms with Crippen LogP contribution in [0.25, 0.3) is 0 Å². The van der Waals surface area contributed by atoms with E-state index in [-0.39, 0.29) is 23.6 Å². The number of hydrogen-bond acceptors (Lipinski definition) is 5. The van der Waals surface area contributed by atoms with Crippen LogP contribution in [0.15, 0.2) is 48.5 Å². The Hall–Kier alpha value is -3.26. The number of hydrogen-bond donors (Lipinski definition) is 3. The maximum atomic E-state index is 11.9. The van der Waals surface area contributed by atoms with Crippen LogP contribution in [0.3, 0.4) is 0 Å². The average molecular weight is 315 g/mol. The Kier molecular flexibility index (Phi) is 5.00. The molecule has 0 saturated heterocycles. The average Bonchev–Trinajstić information content (AvgIpc) is 2.55. The number of benzene rings is 2. The lowest BCUT2D eigenvalue weighted by atomic mass is 10.1. The number of nitrogens with zero attached hydrogens (tertiary/aromatic N) is 1. The summed E-state index contributed by atoms with van der Waals surface area (Å²) in [4.78, 5) is 33.1. The number of nitrogens with one attached hydrogen (secondary N) is 2. The molecule has 23 heavy (non-hydrogen) atoms. The molecule has 0 aliphatic carbocycles. The Morgan fingerprint density at radius 1 is 1.04 bits per heavy atom. The SMILES string of the molecule is O=C(Cc1ccc([N+](=O)[O-])cc1)Nc1ccc(C(=O)NO)cc1. The van der Waals surface area contributed by atoms with Crippen molar-refractivity contribution in [3.63, 3.8) is 0 Å². The van der Waals surface area contributed by atoms with Gasteiger partial charge >= 0.3 is 0 Å². The molecule has 2 rings (SSSR count). The smallest absolute Gasteiger partial charge is 0.274 e. The fourth-order valence-electron chi connectivity index (χ4n) is 1.90. The zero-order valence-corrected chi connectivity index (χ0v) is 11.9. The minimum absolute atomic E-state index is 0.0353. The highest BCUT2D eigenvalue weighted by Gasteiger charge is 2.08. The van der Waals surface area contributed by atoms with E-state index < -0.39 is 10.8 Å². The molecule has 0 saturated carbocycles. The van der Waals surface area contributed by atoms with Crippen LogP contribution in [0, 0.1) is 10.1 Å². The van der Waals surface area contributed by atoms with Gasteiger partial charge in [0.15, 0.2) is 0 Å². The Bertz CT molecular complexity index is 726. The first-order valence-corrected chi connectivity index (χ1v) is 6.57. The highest BCUT2D eigenvalue weighted by atomic mass is 16.6. The standard InChI is InChI=1S/C15H13N3O5/c19-14(9-10-1-7-13(8-2-10)18(22)23)16-12-5-3-11(4-6-12)15(20)17-21/h1-8,21H,9H2,(H,16,19)(H,17,20). The Labute approximate surface area is 130 Å². The molecule has 0 bridgehead atoms. The summed E-state index contributed by atoms with van der Waals surface area (Å²) in [6, 6.07) is 11.7. The molecule has 2 amide bonds. The van der Waals surface area contributed by atoms with Crippen molar-refractivity contribution in [2.45, 2.75) is 6.42 Å². The van der Waals surface area contributed by atoms with E-state index >= 15 is 0 Å². The molecule has 118 valence electrons. The first kappa shape index (κ1) is 16.1. The van der Waals surface area contributed by atoms with Crippen molar-refractivity contribution < 1.29 is 19.7 Å². The Morgan fingerprint density at radius 3 is 2.17 bits per heavy atom. The number of non-ortho nitro benzene ring substituents is 1. The maximum Gasteiger partial charge on any atom is 0.274 e. The Balaban J connectivity index is 1.96. The van der Waals surface area contributed by atoms with Crippen LogP contribution in [-0.4, -0.2) is 21.9 Å². The van der Waals surface area contributed by atoms with Gasteiger partial charge in [-0.1, -0.05) is 12.1 Å². The predicted molar refractivity (Wildman–Crippen MR) is 81.1 cm³/mol. The van der Waals surface area contributed by atoms with E-state index in [9.17, 15) is 19.7 Å². The molecule has 0 heterocycles. The summed E-state index contributed by atoms with van der Waals surface area (Å²) in [5.41, 5.74) is 2.86. The molecule has 2 aromatic rings. The van der Waals surface area contributed by atoms with Crippen LogP contribution in [-0.2, 0) is 11.2 Å².